The Balaban J connectivity index is 0.00000338. The number of amides is 2. The molecule has 26 heavy (non-hydrogen) atoms. The Labute approximate surface area is 161 Å². The zero-order chi connectivity index (χ0) is 18.2. The van der Waals surface area contributed by atoms with Crippen LogP contribution in [0.25, 0.3) is 10.8 Å². The van der Waals surface area contributed by atoms with Crippen molar-refractivity contribution in [3.63, 3.8) is 0 Å². The van der Waals surface area contributed by atoms with E-state index in [4.69, 9.17) is 5.73 Å². The lowest BCUT2D eigenvalue weighted by molar-refractivity contribution is -0.126. The first kappa shape index (κ1) is 21.9. The van der Waals surface area contributed by atoms with Gasteiger partial charge in [-0.1, -0.05) is 50.2 Å². The highest BCUT2D eigenvalue weighted by Gasteiger charge is 2.14. The Kier molecular flexibility index (Phi) is 9.10. The van der Waals surface area contributed by atoms with Crippen molar-refractivity contribution < 1.29 is 9.59 Å². The largest absolute Gasteiger partial charge is 0.347 e. The Morgan fingerprint density at radius 3 is 2.38 bits per heavy atom. The van der Waals surface area contributed by atoms with E-state index < -0.39 is 0 Å². The number of hydrogen-bond acceptors (Lipinski definition) is 3. The van der Waals surface area contributed by atoms with Crippen LogP contribution >= 0.6 is 12.4 Å². The van der Waals surface area contributed by atoms with E-state index in [1.807, 2.05) is 42.5 Å². The summed E-state index contributed by atoms with van der Waals surface area (Å²) in [6.07, 6.45) is 1.26. The van der Waals surface area contributed by atoms with Crippen LogP contribution in [0.2, 0.25) is 0 Å². The zero-order valence-electron chi connectivity index (χ0n) is 15.3. The summed E-state index contributed by atoms with van der Waals surface area (Å²) in [6, 6.07) is 13.8. The smallest absolute Gasteiger partial charge is 0.239 e. The fourth-order valence-corrected chi connectivity index (χ4v) is 2.64. The van der Waals surface area contributed by atoms with E-state index in [2.05, 4.69) is 24.5 Å². The molecule has 1 unspecified atom stereocenters. The second-order valence-corrected chi connectivity index (χ2v) is 6.67. The van der Waals surface area contributed by atoms with E-state index in [1.54, 1.807) is 0 Å². The Bertz CT molecular complexity index is 734. The van der Waals surface area contributed by atoms with Gasteiger partial charge in [-0.3, -0.25) is 9.59 Å². The third-order valence-corrected chi connectivity index (χ3v) is 4.14. The normalized spacial score (nSPS) is 11.7. The first-order chi connectivity index (χ1) is 12.0. The topological polar surface area (TPSA) is 84.2 Å². The minimum atomic E-state index is -0.273. The zero-order valence-corrected chi connectivity index (χ0v) is 16.1. The number of nitrogens with one attached hydrogen (secondary N) is 2. The van der Waals surface area contributed by atoms with E-state index in [9.17, 15) is 9.59 Å². The highest BCUT2D eigenvalue weighted by Crippen LogP contribution is 2.20. The summed E-state index contributed by atoms with van der Waals surface area (Å²) in [5.41, 5.74) is 6.79. The first-order valence-corrected chi connectivity index (χ1v) is 8.74. The lowest BCUT2D eigenvalue weighted by Gasteiger charge is -2.18. The molecule has 142 valence electrons. The quantitative estimate of drug-likeness (QED) is 0.661. The second kappa shape index (κ2) is 10.8. The maximum absolute atomic E-state index is 12.1. The minimum absolute atomic E-state index is 0. The summed E-state index contributed by atoms with van der Waals surface area (Å²) >= 11 is 0. The van der Waals surface area contributed by atoms with Crippen LogP contribution < -0.4 is 16.4 Å². The highest BCUT2D eigenvalue weighted by atomic mass is 35.5. The molecular formula is C20H28ClN3O2. The Hall–Kier alpha value is -2.11. The third kappa shape index (κ3) is 6.65. The van der Waals surface area contributed by atoms with E-state index in [-0.39, 0.29) is 36.8 Å². The van der Waals surface area contributed by atoms with Gasteiger partial charge >= 0.3 is 0 Å². The Morgan fingerprint density at radius 2 is 1.73 bits per heavy atom. The van der Waals surface area contributed by atoms with Gasteiger partial charge in [0.15, 0.2) is 0 Å². The predicted molar refractivity (Wildman–Crippen MR) is 108 cm³/mol. The minimum Gasteiger partial charge on any atom is -0.347 e. The third-order valence-electron chi connectivity index (χ3n) is 4.14. The molecule has 0 saturated heterocycles. The summed E-state index contributed by atoms with van der Waals surface area (Å²) in [6.45, 7) is 4.40. The molecule has 0 aliphatic heterocycles. The predicted octanol–water partition coefficient (Wildman–Crippen LogP) is 2.93. The van der Waals surface area contributed by atoms with Gasteiger partial charge in [0.1, 0.15) is 0 Å². The maximum Gasteiger partial charge on any atom is 0.239 e. The summed E-state index contributed by atoms with van der Waals surface area (Å²) in [4.78, 5) is 23.8. The van der Waals surface area contributed by atoms with Crippen molar-refractivity contribution in [3.8, 4) is 0 Å². The van der Waals surface area contributed by atoms with Gasteiger partial charge in [0.05, 0.1) is 12.6 Å². The van der Waals surface area contributed by atoms with Crippen molar-refractivity contribution in [3.05, 3.63) is 48.0 Å². The van der Waals surface area contributed by atoms with Gasteiger partial charge in [-0.05, 0) is 34.7 Å². The molecule has 0 aliphatic carbocycles. The van der Waals surface area contributed by atoms with Crippen molar-refractivity contribution in [2.24, 2.45) is 11.7 Å². The molecule has 0 saturated carbocycles. The number of hydrogen-bond donors (Lipinski definition) is 3. The van der Waals surface area contributed by atoms with E-state index in [0.717, 1.165) is 22.8 Å². The molecule has 6 heteroatoms. The number of nitrogens with two attached hydrogens (primary N) is 1. The van der Waals surface area contributed by atoms with Crippen LogP contribution in [0, 0.1) is 5.92 Å². The van der Waals surface area contributed by atoms with Crippen molar-refractivity contribution in [2.45, 2.75) is 32.7 Å². The van der Waals surface area contributed by atoms with Gasteiger partial charge in [0.25, 0.3) is 0 Å². The van der Waals surface area contributed by atoms with E-state index >= 15 is 0 Å². The molecular weight excluding hydrogens is 350 g/mol. The molecule has 1 atom stereocenters. The van der Waals surface area contributed by atoms with E-state index in [0.29, 0.717) is 18.9 Å². The molecule has 2 rings (SSSR count). The monoisotopic (exact) mass is 377 g/mol. The van der Waals surface area contributed by atoms with Crippen molar-refractivity contribution in [1.82, 2.24) is 10.6 Å². The molecule has 0 fully saturated rings. The van der Waals surface area contributed by atoms with Crippen molar-refractivity contribution >= 4 is 35.0 Å². The molecule has 0 radical (unpaired) electrons. The number of carbonyl (C=O) groups excluding carboxylic acids is 2. The van der Waals surface area contributed by atoms with Gasteiger partial charge in [-0.2, -0.15) is 0 Å². The summed E-state index contributed by atoms with van der Waals surface area (Å²) in [5, 5.41) is 7.80. The summed E-state index contributed by atoms with van der Waals surface area (Å²) < 4.78 is 0. The van der Waals surface area contributed by atoms with Crippen LogP contribution in [0.3, 0.4) is 0 Å². The van der Waals surface area contributed by atoms with Crippen LogP contribution in [-0.2, 0) is 9.59 Å². The molecule has 5 nitrogen and oxygen atoms in total. The van der Waals surface area contributed by atoms with Crippen LogP contribution in [0.1, 0.15) is 38.3 Å². The summed E-state index contributed by atoms with van der Waals surface area (Å²) in [7, 11) is 0. The molecule has 0 bridgehead atoms. The Morgan fingerprint density at radius 1 is 1.04 bits per heavy atom. The molecule has 2 aromatic rings. The van der Waals surface area contributed by atoms with Crippen LogP contribution in [-0.4, -0.2) is 24.9 Å². The molecule has 2 amide bonds. The number of rotatable bonds is 8. The second-order valence-electron chi connectivity index (χ2n) is 6.67. The van der Waals surface area contributed by atoms with Gasteiger partial charge in [0, 0.05) is 13.0 Å². The average molecular weight is 378 g/mol. The molecule has 0 spiro atoms. The SMILES string of the molecule is CC(C)CCC(=O)NCC(=O)NC(CN)c1ccc2ccccc2c1.Cl. The number of fused-ring (bicyclic) bond motifs is 1. The first-order valence-electron chi connectivity index (χ1n) is 8.74. The van der Waals surface area contributed by atoms with Crippen LogP contribution in [0.5, 0.6) is 0 Å². The van der Waals surface area contributed by atoms with Crippen molar-refractivity contribution in [2.75, 3.05) is 13.1 Å². The molecule has 0 heterocycles. The maximum atomic E-state index is 12.1. The van der Waals surface area contributed by atoms with Crippen LogP contribution in [0.15, 0.2) is 42.5 Å². The number of benzene rings is 2. The standard InChI is InChI=1S/C20H27N3O2.ClH/c1-14(2)7-10-19(24)22-13-20(25)23-18(12-21)17-9-8-15-5-3-4-6-16(15)11-17;/h3-6,8-9,11,14,18H,7,10,12-13,21H2,1-2H3,(H,22,24)(H,23,25);1H. The summed E-state index contributed by atoms with van der Waals surface area (Å²) in [5.74, 6) is 0.134. The number of carbonyl (C=O) groups is 2. The van der Waals surface area contributed by atoms with E-state index in [1.165, 1.54) is 0 Å². The van der Waals surface area contributed by atoms with Gasteiger partial charge < -0.3 is 16.4 Å². The molecule has 0 aliphatic rings. The lowest BCUT2D eigenvalue weighted by Crippen LogP contribution is -2.40. The van der Waals surface area contributed by atoms with Crippen LogP contribution in [0.4, 0.5) is 0 Å². The van der Waals surface area contributed by atoms with Crippen molar-refractivity contribution in [1.29, 1.82) is 0 Å². The molecule has 2 aromatic carbocycles. The van der Waals surface area contributed by atoms with Gasteiger partial charge in [-0.15, -0.1) is 12.4 Å². The van der Waals surface area contributed by atoms with Gasteiger partial charge in [-0.25, -0.2) is 0 Å². The number of halogens is 1. The average Bonchev–Trinajstić information content (AvgIpc) is 2.62. The highest BCUT2D eigenvalue weighted by molar-refractivity contribution is 5.86. The molecule has 0 aromatic heterocycles. The lowest BCUT2D eigenvalue weighted by atomic mass is 10.0. The fraction of sp³-hybridized carbons (Fsp3) is 0.400. The molecule has 4 N–H and O–H groups in total. The van der Waals surface area contributed by atoms with Gasteiger partial charge in [0.2, 0.25) is 11.8 Å². The fourth-order valence-electron chi connectivity index (χ4n) is 2.64.